The highest BCUT2D eigenvalue weighted by atomic mass is 35.5. The fourth-order valence-corrected chi connectivity index (χ4v) is 3.00. The molecular formula is C8H13ClNO5PS. The summed E-state index contributed by atoms with van der Waals surface area (Å²) in [5.74, 6) is 0. The highest BCUT2D eigenvalue weighted by Gasteiger charge is 2.34. The van der Waals surface area contributed by atoms with Crippen molar-refractivity contribution in [3.05, 3.63) is 30.1 Å². The zero-order valence-corrected chi connectivity index (χ0v) is 11.4. The van der Waals surface area contributed by atoms with Gasteiger partial charge in [-0.2, -0.15) is 0 Å². The molecule has 6 nitrogen and oxygen atoms in total. The SMILES string of the molecule is C[n+]1cccc(CC(S(=O)O)P(=O)(O)O)c1.[Cl-]. The zero-order chi connectivity index (χ0) is 12.3. The molecule has 1 aromatic rings. The molecule has 98 valence electrons. The molecule has 0 aliphatic rings. The maximum Gasteiger partial charge on any atom is 0.343 e. The molecule has 0 fully saturated rings. The standard InChI is InChI=1S/C8H12NO5PS.ClH/c1-9-4-2-3-7(6-9)5-8(16(13)14)15(10,11)12;/h2-4,6,8H,5H2,1H3,(H2-,10,11,12,13,14);1H. The molecule has 0 amide bonds. The molecule has 0 aliphatic carbocycles. The lowest BCUT2D eigenvalue weighted by Gasteiger charge is -2.13. The molecule has 0 radical (unpaired) electrons. The van der Waals surface area contributed by atoms with Gasteiger partial charge < -0.3 is 26.7 Å². The molecule has 0 saturated carbocycles. The van der Waals surface area contributed by atoms with E-state index >= 15 is 0 Å². The van der Waals surface area contributed by atoms with Crippen molar-refractivity contribution in [2.45, 2.75) is 11.4 Å². The Labute approximate surface area is 108 Å². The van der Waals surface area contributed by atoms with Crippen LogP contribution in [-0.2, 0) is 29.1 Å². The normalized spacial score (nSPS) is 14.8. The van der Waals surface area contributed by atoms with Crippen LogP contribution in [0, 0.1) is 0 Å². The molecule has 0 aromatic carbocycles. The molecule has 0 bridgehead atoms. The van der Waals surface area contributed by atoms with Crippen LogP contribution in [-0.4, -0.2) is 23.5 Å². The number of halogens is 1. The lowest BCUT2D eigenvalue weighted by Crippen LogP contribution is -3.00. The quantitative estimate of drug-likeness (QED) is 0.309. The van der Waals surface area contributed by atoms with Crippen molar-refractivity contribution in [2.24, 2.45) is 7.05 Å². The number of nitrogens with zero attached hydrogens (tertiary/aromatic N) is 1. The number of aromatic nitrogens is 1. The van der Waals surface area contributed by atoms with Gasteiger partial charge in [-0.05, 0) is 6.07 Å². The van der Waals surface area contributed by atoms with E-state index in [1.807, 2.05) is 0 Å². The smallest absolute Gasteiger partial charge is 0.343 e. The van der Waals surface area contributed by atoms with Gasteiger partial charge in [-0.1, -0.05) is 0 Å². The van der Waals surface area contributed by atoms with E-state index in [4.69, 9.17) is 14.3 Å². The van der Waals surface area contributed by atoms with Crippen molar-refractivity contribution >= 4 is 18.7 Å². The summed E-state index contributed by atoms with van der Waals surface area (Å²) < 4.78 is 32.4. The summed E-state index contributed by atoms with van der Waals surface area (Å²) in [7, 11) is -2.82. The third-order valence-corrected chi connectivity index (χ3v) is 4.95. The average Bonchev–Trinajstić information content (AvgIpc) is 2.12. The second-order valence-corrected chi connectivity index (χ2v) is 6.67. The third kappa shape index (κ3) is 5.25. The molecule has 2 atom stereocenters. The maximum absolute atomic E-state index is 11.0. The zero-order valence-electron chi connectivity index (χ0n) is 8.93. The third-order valence-electron chi connectivity index (χ3n) is 2.02. The Balaban J connectivity index is 0.00000256. The summed E-state index contributed by atoms with van der Waals surface area (Å²) in [6, 6.07) is 3.35. The number of hydrogen-bond acceptors (Lipinski definition) is 2. The number of pyridine rings is 1. The van der Waals surface area contributed by atoms with E-state index in [0.717, 1.165) is 0 Å². The molecule has 0 spiro atoms. The minimum absolute atomic E-state index is 0. The minimum atomic E-state index is -4.57. The Kier molecular flexibility index (Phi) is 6.47. The van der Waals surface area contributed by atoms with Gasteiger partial charge in [0.25, 0.3) is 0 Å². The Morgan fingerprint density at radius 2 is 2.12 bits per heavy atom. The molecular weight excluding hydrogens is 289 g/mol. The molecule has 1 heterocycles. The van der Waals surface area contributed by atoms with Crippen LogP contribution in [0.1, 0.15) is 5.56 Å². The molecule has 2 unspecified atom stereocenters. The largest absolute Gasteiger partial charge is 1.00 e. The second kappa shape index (κ2) is 6.58. The Morgan fingerprint density at radius 3 is 2.53 bits per heavy atom. The summed E-state index contributed by atoms with van der Waals surface area (Å²) in [5, 5.41) is 0. The van der Waals surface area contributed by atoms with Crippen molar-refractivity contribution in [1.29, 1.82) is 0 Å². The van der Waals surface area contributed by atoms with E-state index in [0.29, 0.717) is 5.56 Å². The van der Waals surface area contributed by atoms with Gasteiger partial charge in [0.05, 0.1) is 0 Å². The van der Waals surface area contributed by atoms with Gasteiger partial charge >= 0.3 is 7.60 Å². The van der Waals surface area contributed by atoms with Gasteiger partial charge in [0.15, 0.2) is 28.5 Å². The van der Waals surface area contributed by atoms with Crippen LogP contribution in [0.2, 0.25) is 0 Å². The Hall–Kier alpha value is -0.300. The Bertz CT molecular complexity index is 451. The van der Waals surface area contributed by atoms with Gasteiger partial charge in [-0.3, -0.25) is 4.57 Å². The molecule has 0 aliphatic heterocycles. The lowest BCUT2D eigenvalue weighted by molar-refractivity contribution is -0.671. The first-order valence-corrected chi connectivity index (χ1v) is 7.25. The topological polar surface area (TPSA) is 98.7 Å². The van der Waals surface area contributed by atoms with E-state index in [1.165, 1.54) is 0 Å². The summed E-state index contributed by atoms with van der Waals surface area (Å²) in [6.07, 6.45) is 3.27. The van der Waals surface area contributed by atoms with E-state index in [1.54, 1.807) is 36.1 Å². The molecule has 1 aromatic heterocycles. The van der Waals surface area contributed by atoms with Gasteiger partial charge in [-0.15, -0.1) is 0 Å². The molecule has 17 heavy (non-hydrogen) atoms. The van der Waals surface area contributed by atoms with Crippen LogP contribution in [0.4, 0.5) is 0 Å². The summed E-state index contributed by atoms with van der Waals surface area (Å²) in [6.45, 7) is 0. The predicted octanol–water partition coefficient (Wildman–Crippen LogP) is -3.22. The predicted molar refractivity (Wildman–Crippen MR) is 57.9 cm³/mol. The van der Waals surface area contributed by atoms with E-state index in [-0.39, 0.29) is 18.8 Å². The molecule has 1 rings (SSSR count). The lowest BCUT2D eigenvalue weighted by atomic mass is 10.2. The van der Waals surface area contributed by atoms with Crippen LogP contribution in [0.5, 0.6) is 0 Å². The first-order valence-electron chi connectivity index (χ1n) is 4.40. The average molecular weight is 302 g/mol. The summed E-state index contributed by atoms with van der Waals surface area (Å²) in [5.41, 5.74) is 0.598. The van der Waals surface area contributed by atoms with Gasteiger partial charge in [0.1, 0.15) is 7.05 Å². The number of hydrogen-bond donors (Lipinski definition) is 3. The number of rotatable bonds is 4. The fourth-order valence-electron chi connectivity index (χ4n) is 1.28. The van der Waals surface area contributed by atoms with Crippen LogP contribution in [0.15, 0.2) is 24.5 Å². The highest BCUT2D eigenvalue weighted by Crippen LogP contribution is 2.44. The minimum Gasteiger partial charge on any atom is -1.00 e. The van der Waals surface area contributed by atoms with Crippen molar-refractivity contribution in [2.75, 3.05) is 0 Å². The highest BCUT2D eigenvalue weighted by molar-refractivity contribution is 7.88. The van der Waals surface area contributed by atoms with E-state index < -0.39 is 23.7 Å². The van der Waals surface area contributed by atoms with Crippen molar-refractivity contribution < 1.29 is 40.1 Å². The van der Waals surface area contributed by atoms with E-state index in [2.05, 4.69) is 0 Å². The maximum atomic E-state index is 11.0. The van der Waals surface area contributed by atoms with E-state index in [9.17, 15) is 8.77 Å². The van der Waals surface area contributed by atoms with Crippen LogP contribution in [0.3, 0.4) is 0 Å². The monoisotopic (exact) mass is 301 g/mol. The van der Waals surface area contributed by atoms with Crippen LogP contribution >= 0.6 is 7.60 Å². The molecule has 9 heteroatoms. The Morgan fingerprint density at radius 1 is 1.53 bits per heavy atom. The molecule has 3 N–H and O–H groups in total. The van der Waals surface area contributed by atoms with Crippen molar-refractivity contribution in [3.63, 3.8) is 0 Å². The summed E-state index contributed by atoms with van der Waals surface area (Å²) in [4.78, 5) is 16.3. The first kappa shape index (κ1) is 16.7. The van der Waals surface area contributed by atoms with Crippen LogP contribution in [0.25, 0.3) is 0 Å². The summed E-state index contributed by atoms with van der Waals surface area (Å²) >= 11 is -2.55. The van der Waals surface area contributed by atoms with Gasteiger partial charge in [-0.25, -0.2) is 8.78 Å². The fraction of sp³-hybridized carbons (Fsp3) is 0.375. The van der Waals surface area contributed by atoms with Crippen molar-refractivity contribution in [3.8, 4) is 0 Å². The van der Waals surface area contributed by atoms with Crippen LogP contribution < -0.4 is 17.0 Å². The number of aryl methyl sites for hydroxylation is 1. The van der Waals surface area contributed by atoms with Crippen molar-refractivity contribution in [1.82, 2.24) is 0 Å². The second-order valence-electron chi connectivity index (χ2n) is 3.40. The first-order chi connectivity index (χ1) is 7.30. The molecule has 0 saturated heterocycles. The van der Waals surface area contributed by atoms with Gasteiger partial charge in [0.2, 0.25) is 0 Å². The van der Waals surface area contributed by atoms with Gasteiger partial charge in [0, 0.05) is 18.1 Å².